The Balaban J connectivity index is 2.64. The first kappa shape index (κ1) is 14.3. The van der Waals surface area contributed by atoms with Crippen LogP contribution in [0.3, 0.4) is 0 Å². The Hall–Kier alpha value is -0.780. The lowest BCUT2D eigenvalue weighted by atomic mass is 9.95. The Morgan fingerprint density at radius 1 is 1.41 bits per heavy atom. The molecule has 0 spiro atoms. The van der Waals surface area contributed by atoms with Gasteiger partial charge < -0.3 is 10.6 Å². The summed E-state index contributed by atoms with van der Waals surface area (Å²) in [5.74, 6) is -2.09. The van der Waals surface area contributed by atoms with Crippen molar-refractivity contribution in [2.75, 3.05) is 13.1 Å². The topological polar surface area (TPSA) is 46.3 Å². The zero-order valence-electron chi connectivity index (χ0n) is 10.1. The molecule has 6 heteroatoms. The fourth-order valence-electron chi connectivity index (χ4n) is 1.96. The van der Waals surface area contributed by atoms with Crippen molar-refractivity contribution in [3.63, 3.8) is 0 Å². The van der Waals surface area contributed by atoms with Crippen molar-refractivity contribution >= 4 is 5.91 Å². The minimum absolute atomic E-state index is 0.111. The van der Waals surface area contributed by atoms with Gasteiger partial charge in [0.05, 0.1) is 11.8 Å². The lowest BCUT2D eigenvalue weighted by molar-refractivity contribution is -0.188. The maximum absolute atomic E-state index is 12.6. The highest BCUT2D eigenvalue weighted by molar-refractivity contribution is 5.79. The molecule has 100 valence electrons. The highest BCUT2D eigenvalue weighted by atomic mass is 19.4. The smallest absolute Gasteiger partial charge is 0.342 e. The van der Waals surface area contributed by atoms with Gasteiger partial charge in [-0.15, -0.1) is 0 Å². The van der Waals surface area contributed by atoms with Gasteiger partial charge in [0, 0.05) is 19.1 Å². The van der Waals surface area contributed by atoms with Crippen molar-refractivity contribution in [2.24, 2.45) is 17.6 Å². The maximum Gasteiger partial charge on any atom is 0.393 e. The van der Waals surface area contributed by atoms with E-state index in [-0.39, 0.29) is 24.9 Å². The maximum atomic E-state index is 12.6. The number of rotatable bonds is 2. The third-order valence-electron chi connectivity index (χ3n) is 3.37. The van der Waals surface area contributed by atoms with Crippen LogP contribution in [0.4, 0.5) is 13.2 Å². The minimum atomic E-state index is -4.21. The van der Waals surface area contributed by atoms with Crippen LogP contribution in [0.1, 0.15) is 26.7 Å². The zero-order valence-corrected chi connectivity index (χ0v) is 10.1. The number of carbonyl (C=O) groups excluding carboxylic acids is 1. The van der Waals surface area contributed by atoms with E-state index < -0.39 is 18.0 Å². The number of hydrogen-bond donors (Lipinski definition) is 1. The highest BCUT2D eigenvalue weighted by Gasteiger charge is 2.43. The molecule has 0 aromatic carbocycles. The monoisotopic (exact) mass is 252 g/mol. The zero-order chi connectivity index (χ0) is 13.2. The molecule has 3 unspecified atom stereocenters. The van der Waals surface area contributed by atoms with Gasteiger partial charge in [-0.25, -0.2) is 0 Å². The second-order valence-electron chi connectivity index (χ2n) is 4.81. The number of nitrogens with two attached hydrogens (primary N) is 1. The summed E-state index contributed by atoms with van der Waals surface area (Å²) >= 11 is 0. The molecule has 1 aliphatic heterocycles. The molecular formula is C11H19F3N2O. The number of carbonyl (C=O) groups is 1. The summed E-state index contributed by atoms with van der Waals surface area (Å²) in [7, 11) is 0. The van der Waals surface area contributed by atoms with Crippen molar-refractivity contribution in [2.45, 2.75) is 38.9 Å². The molecule has 17 heavy (non-hydrogen) atoms. The number of hydrogen-bond acceptors (Lipinski definition) is 2. The molecule has 1 amide bonds. The van der Waals surface area contributed by atoms with Gasteiger partial charge in [0.15, 0.2) is 0 Å². The van der Waals surface area contributed by atoms with Crippen LogP contribution in [0, 0.1) is 11.8 Å². The van der Waals surface area contributed by atoms with E-state index in [9.17, 15) is 18.0 Å². The van der Waals surface area contributed by atoms with E-state index in [1.807, 2.05) is 0 Å². The van der Waals surface area contributed by atoms with Crippen molar-refractivity contribution in [1.29, 1.82) is 0 Å². The molecule has 1 heterocycles. The van der Waals surface area contributed by atoms with Crippen LogP contribution in [0.2, 0.25) is 0 Å². The molecule has 0 bridgehead atoms. The molecule has 0 saturated carbocycles. The molecule has 1 aliphatic rings. The van der Waals surface area contributed by atoms with Crippen LogP contribution >= 0.6 is 0 Å². The van der Waals surface area contributed by atoms with Gasteiger partial charge in [-0.1, -0.05) is 6.92 Å². The minimum Gasteiger partial charge on any atom is -0.342 e. The number of halogens is 3. The van der Waals surface area contributed by atoms with Gasteiger partial charge in [0.2, 0.25) is 5.91 Å². The summed E-state index contributed by atoms with van der Waals surface area (Å²) in [4.78, 5) is 13.2. The summed E-state index contributed by atoms with van der Waals surface area (Å²) in [6.07, 6.45) is -3.70. The summed E-state index contributed by atoms with van der Waals surface area (Å²) < 4.78 is 37.7. The second kappa shape index (κ2) is 5.25. The highest BCUT2D eigenvalue weighted by Crippen LogP contribution is 2.33. The van der Waals surface area contributed by atoms with Gasteiger partial charge in [-0.2, -0.15) is 13.2 Å². The first-order chi connectivity index (χ1) is 7.73. The number of nitrogens with zero attached hydrogens (tertiary/aromatic N) is 1. The first-order valence-corrected chi connectivity index (χ1v) is 5.84. The van der Waals surface area contributed by atoms with Crippen molar-refractivity contribution in [3.8, 4) is 0 Å². The Morgan fingerprint density at radius 2 is 2.00 bits per heavy atom. The van der Waals surface area contributed by atoms with Gasteiger partial charge in [-0.05, 0) is 19.8 Å². The van der Waals surface area contributed by atoms with Crippen LogP contribution < -0.4 is 5.73 Å². The van der Waals surface area contributed by atoms with E-state index in [1.165, 1.54) is 4.90 Å². The van der Waals surface area contributed by atoms with Crippen molar-refractivity contribution < 1.29 is 18.0 Å². The van der Waals surface area contributed by atoms with Gasteiger partial charge in [-0.3, -0.25) is 4.79 Å². The standard InChI is InChI=1S/C11H19F3N2O/c1-7(8(2)15)10(17)16-5-3-4-9(6-16)11(12,13)14/h7-9H,3-6,15H2,1-2H3. The van der Waals surface area contributed by atoms with Crippen molar-refractivity contribution in [3.05, 3.63) is 0 Å². The average molecular weight is 252 g/mol. The van der Waals surface area contributed by atoms with Crippen LogP contribution in [0.25, 0.3) is 0 Å². The third kappa shape index (κ3) is 3.59. The quantitative estimate of drug-likeness (QED) is 0.814. The Kier molecular flexibility index (Phi) is 4.41. The van der Waals surface area contributed by atoms with E-state index >= 15 is 0 Å². The Bertz CT molecular complexity index is 278. The van der Waals surface area contributed by atoms with Crippen molar-refractivity contribution in [1.82, 2.24) is 4.90 Å². The van der Waals surface area contributed by atoms with E-state index in [4.69, 9.17) is 5.73 Å². The molecular weight excluding hydrogens is 233 g/mol. The molecule has 0 aromatic heterocycles. The predicted octanol–water partition coefficient (Wildman–Crippen LogP) is 1.77. The van der Waals surface area contributed by atoms with E-state index in [0.29, 0.717) is 13.0 Å². The molecule has 3 atom stereocenters. The van der Waals surface area contributed by atoms with Crippen LogP contribution in [0.5, 0.6) is 0 Å². The van der Waals surface area contributed by atoms with Gasteiger partial charge in [0.1, 0.15) is 0 Å². The predicted molar refractivity (Wildman–Crippen MR) is 58.2 cm³/mol. The Labute approximate surface area is 99.1 Å². The molecule has 0 aliphatic carbocycles. The number of amides is 1. The number of likely N-dealkylation sites (tertiary alicyclic amines) is 1. The lowest BCUT2D eigenvalue weighted by Gasteiger charge is -2.35. The van der Waals surface area contributed by atoms with Gasteiger partial charge in [0.25, 0.3) is 0 Å². The van der Waals surface area contributed by atoms with E-state index in [0.717, 1.165) is 0 Å². The summed E-state index contributed by atoms with van der Waals surface area (Å²) in [5, 5.41) is 0. The number of alkyl halides is 3. The molecule has 1 saturated heterocycles. The molecule has 0 radical (unpaired) electrons. The van der Waals surface area contributed by atoms with Gasteiger partial charge >= 0.3 is 6.18 Å². The Morgan fingerprint density at radius 3 is 2.47 bits per heavy atom. The fourth-order valence-corrected chi connectivity index (χ4v) is 1.96. The average Bonchev–Trinajstić information content (AvgIpc) is 2.26. The van der Waals surface area contributed by atoms with Crippen LogP contribution in [-0.2, 0) is 4.79 Å². The third-order valence-corrected chi connectivity index (χ3v) is 3.37. The van der Waals surface area contributed by atoms with Crippen LogP contribution in [-0.4, -0.2) is 36.1 Å². The summed E-state index contributed by atoms with van der Waals surface area (Å²) in [6, 6.07) is -0.339. The molecule has 1 rings (SSSR count). The normalized spacial score (nSPS) is 25.5. The molecule has 2 N–H and O–H groups in total. The summed E-state index contributed by atoms with van der Waals surface area (Å²) in [5.41, 5.74) is 5.59. The van der Waals surface area contributed by atoms with E-state index in [2.05, 4.69) is 0 Å². The second-order valence-corrected chi connectivity index (χ2v) is 4.81. The summed E-state index contributed by atoms with van der Waals surface area (Å²) in [6.45, 7) is 3.53. The van der Waals surface area contributed by atoms with Crippen LogP contribution in [0.15, 0.2) is 0 Å². The molecule has 3 nitrogen and oxygen atoms in total. The fraction of sp³-hybridized carbons (Fsp3) is 0.909. The largest absolute Gasteiger partial charge is 0.393 e. The molecule has 0 aromatic rings. The first-order valence-electron chi connectivity index (χ1n) is 5.84. The van der Waals surface area contributed by atoms with E-state index in [1.54, 1.807) is 13.8 Å². The number of piperidine rings is 1. The molecule has 1 fully saturated rings. The SMILES string of the molecule is CC(N)C(C)C(=O)N1CCCC(C(F)(F)F)C1. The lowest BCUT2D eigenvalue weighted by Crippen LogP contribution is -2.48.